The standard InChI is InChI=1S/C17H16F3NO2S2/c1-23-15-7-2-12(18)8-11(15)9-24-10-16(22)21-13-3-5-14(6-4-13)25-17(19)20/h2-8,17H,9-10H2,1H3,(H,21,22). The molecule has 0 aromatic heterocycles. The molecule has 0 bridgehead atoms. The number of hydrogen-bond acceptors (Lipinski definition) is 4. The zero-order valence-corrected chi connectivity index (χ0v) is 14.9. The van der Waals surface area contributed by atoms with Crippen LogP contribution in [0.25, 0.3) is 0 Å². The van der Waals surface area contributed by atoms with Gasteiger partial charge in [0.1, 0.15) is 11.6 Å². The quantitative estimate of drug-likeness (QED) is 0.646. The van der Waals surface area contributed by atoms with E-state index in [1.807, 2.05) is 0 Å². The molecule has 0 aliphatic rings. The molecule has 0 atom stereocenters. The fourth-order valence-electron chi connectivity index (χ4n) is 2.03. The SMILES string of the molecule is COc1ccc(F)cc1CSCC(=O)Nc1ccc(SC(F)F)cc1. The zero-order valence-electron chi connectivity index (χ0n) is 13.3. The van der Waals surface area contributed by atoms with Gasteiger partial charge in [0.05, 0.1) is 12.9 Å². The van der Waals surface area contributed by atoms with Crippen LogP contribution in [0.15, 0.2) is 47.4 Å². The molecule has 2 rings (SSSR count). The van der Waals surface area contributed by atoms with Crippen molar-refractivity contribution in [3.05, 3.63) is 53.8 Å². The van der Waals surface area contributed by atoms with E-state index in [2.05, 4.69) is 5.32 Å². The van der Waals surface area contributed by atoms with Crippen molar-refractivity contribution >= 4 is 35.1 Å². The predicted molar refractivity (Wildman–Crippen MR) is 96.0 cm³/mol. The van der Waals surface area contributed by atoms with Gasteiger partial charge in [-0.2, -0.15) is 8.78 Å². The largest absolute Gasteiger partial charge is 0.496 e. The molecule has 0 unspecified atom stereocenters. The first-order valence-corrected chi connectivity index (χ1v) is 9.26. The second kappa shape index (κ2) is 9.62. The molecule has 134 valence electrons. The summed E-state index contributed by atoms with van der Waals surface area (Å²) in [4.78, 5) is 12.4. The Hall–Kier alpha value is -1.80. The van der Waals surface area contributed by atoms with Gasteiger partial charge in [-0.1, -0.05) is 11.8 Å². The van der Waals surface area contributed by atoms with Gasteiger partial charge in [-0.15, -0.1) is 11.8 Å². The van der Waals surface area contributed by atoms with Gasteiger partial charge in [0, 0.05) is 21.9 Å². The summed E-state index contributed by atoms with van der Waals surface area (Å²) in [6.45, 7) is 0. The molecule has 2 aromatic carbocycles. The molecule has 0 saturated heterocycles. The van der Waals surface area contributed by atoms with E-state index in [0.717, 1.165) is 0 Å². The van der Waals surface area contributed by atoms with Crippen LogP contribution in [0.4, 0.5) is 18.9 Å². The Morgan fingerprint density at radius 2 is 1.92 bits per heavy atom. The normalized spacial score (nSPS) is 10.8. The van der Waals surface area contributed by atoms with Crippen LogP contribution in [-0.4, -0.2) is 24.5 Å². The average molecular weight is 387 g/mol. The number of carbonyl (C=O) groups is 1. The minimum atomic E-state index is -2.48. The minimum Gasteiger partial charge on any atom is -0.496 e. The maximum atomic E-state index is 13.3. The number of carbonyl (C=O) groups excluding carboxylic acids is 1. The molecule has 1 amide bonds. The zero-order chi connectivity index (χ0) is 18.2. The lowest BCUT2D eigenvalue weighted by Crippen LogP contribution is -2.14. The highest BCUT2D eigenvalue weighted by atomic mass is 32.2. The van der Waals surface area contributed by atoms with Crippen molar-refractivity contribution in [3.63, 3.8) is 0 Å². The first-order chi connectivity index (χ1) is 12.0. The summed E-state index contributed by atoms with van der Waals surface area (Å²) in [5.74, 6) is -1.89. The number of nitrogens with one attached hydrogen (secondary N) is 1. The molecule has 0 radical (unpaired) electrons. The summed E-state index contributed by atoms with van der Waals surface area (Å²) >= 11 is 1.77. The molecule has 1 N–H and O–H groups in total. The van der Waals surface area contributed by atoms with E-state index in [1.165, 1.54) is 43.1 Å². The van der Waals surface area contributed by atoms with Crippen molar-refractivity contribution in [3.8, 4) is 5.75 Å². The van der Waals surface area contributed by atoms with Gasteiger partial charge in [-0.3, -0.25) is 4.79 Å². The van der Waals surface area contributed by atoms with Crippen LogP contribution in [-0.2, 0) is 10.5 Å². The lowest BCUT2D eigenvalue weighted by molar-refractivity contribution is -0.113. The van der Waals surface area contributed by atoms with Crippen molar-refractivity contribution < 1.29 is 22.7 Å². The van der Waals surface area contributed by atoms with E-state index in [0.29, 0.717) is 39.4 Å². The van der Waals surface area contributed by atoms with Gasteiger partial charge >= 0.3 is 0 Å². The van der Waals surface area contributed by atoms with Crippen LogP contribution in [0.3, 0.4) is 0 Å². The molecular formula is C17H16F3NO2S2. The second-order valence-corrected chi connectivity index (χ2v) is 6.95. The third kappa shape index (κ3) is 6.55. The monoisotopic (exact) mass is 387 g/mol. The molecule has 0 fully saturated rings. The van der Waals surface area contributed by atoms with Gasteiger partial charge < -0.3 is 10.1 Å². The van der Waals surface area contributed by atoms with E-state index in [4.69, 9.17) is 4.74 Å². The Bertz CT molecular complexity index is 712. The number of halogens is 3. The van der Waals surface area contributed by atoms with Crippen molar-refractivity contribution in [1.29, 1.82) is 0 Å². The number of alkyl halides is 2. The Morgan fingerprint density at radius 1 is 1.20 bits per heavy atom. The number of rotatable bonds is 8. The molecule has 3 nitrogen and oxygen atoms in total. The highest BCUT2D eigenvalue weighted by Gasteiger charge is 2.08. The Balaban J connectivity index is 1.82. The number of amides is 1. The molecule has 0 spiro atoms. The van der Waals surface area contributed by atoms with E-state index in [-0.39, 0.29) is 17.5 Å². The minimum absolute atomic E-state index is 0.174. The number of methoxy groups -OCH3 is 1. The number of ether oxygens (including phenoxy) is 1. The lowest BCUT2D eigenvalue weighted by atomic mass is 10.2. The molecule has 0 heterocycles. The number of anilines is 1. The van der Waals surface area contributed by atoms with Crippen molar-refractivity contribution in [1.82, 2.24) is 0 Å². The number of hydrogen-bond donors (Lipinski definition) is 1. The Morgan fingerprint density at radius 3 is 2.56 bits per heavy atom. The van der Waals surface area contributed by atoms with Crippen LogP contribution in [0.1, 0.15) is 5.56 Å². The van der Waals surface area contributed by atoms with E-state index in [1.54, 1.807) is 18.2 Å². The molecule has 25 heavy (non-hydrogen) atoms. The van der Waals surface area contributed by atoms with Crippen LogP contribution in [0.5, 0.6) is 5.75 Å². The fraction of sp³-hybridized carbons (Fsp3) is 0.235. The summed E-state index contributed by atoms with van der Waals surface area (Å²) in [7, 11) is 1.50. The summed E-state index contributed by atoms with van der Waals surface area (Å²) < 4.78 is 42.9. The first kappa shape index (κ1) is 19.5. The smallest absolute Gasteiger partial charge is 0.288 e. The summed E-state index contributed by atoms with van der Waals surface area (Å²) in [5.41, 5.74) is 1.21. The molecule has 2 aromatic rings. The topological polar surface area (TPSA) is 38.3 Å². The predicted octanol–water partition coefficient (Wildman–Crippen LogP) is 5.02. The highest BCUT2D eigenvalue weighted by molar-refractivity contribution is 7.99. The van der Waals surface area contributed by atoms with Crippen LogP contribution in [0, 0.1) is 5.82 Å². The molecule has 0 aliphatic carbocycles. The summed E-state index contributed by atoms with van der Waals surface area (Å²) in [6, 6.07) is 10.4. The first-order valence-electron chi connectivity index (χ1n) is 7.23. The summed E-state index contributed by atoms with van der Waals surface area (Å²) in [6.07, 6.45) is 0. The van der Waals surface area contributed by atoms with Gasteiger partial charge in [-0.05, 0) is 42.5 Å². The lowest BCUT2D eigenvalue weighted by Gasteiger charge is -2.09. The Labute approximate surface area is 152 Å². The maximum absolute atomic E-state index is 13.3. The fourth-order valence-corrected chi connectivity index (χ4v) is 3.33. The van der Waals surface area contributed by atoms with Gasteiger partial charge in [0.15, 0.2) is 0 Å². The number of thioether (sulfide) groups is 2. The molecule has 8 heteroatoms. The second-order valence-electron chi connectivity index (χ2n) is 4.90. The van der Waals surface area contributed by atoms with Crippen LogP contribution in [0.2, 0.25) is 0 Å². The van der Waals surface area contributed by atoms with E-state index >= 15 is 0 Å². The molecular weight excluding hydrogens is 371 g/mol. The average Bonchev–Trinajstić information content (AvgIpc) is 2.56. The van der Waals surface area contributed by atoms with Crippen LogP contribution < -0.4 is 10.1 Å². The summed E-state index contributed by atoms with van der Waals surface area (Å²) in [5, 5.41) is 2.69. The number of benzene rings is 2. The maximum Gasteiger partial charge on any atom is 0.288 e. The molecule has 0 saturated carbocycles. The third-order valence-electron chi connectivity index (χ3n) is 3.10. The van der Waals surface area contributed by atoms with Gasteiger partial charge in [0.25, 0.3) is 5.76 Å². The third-order valence-corrected chi connectivity index (χ3v) is 4.80. The molecule has 0 aliphatic heterocycles. The van der Waals surface area contributed by atoms with Gasteiger partial charge in [-0.25, -0.2) is 4.39 Å². The van der Waals surface area contributed by atoms with Crippen molar-refractivity contribution in [2.24, 2.45) is 0 Å². The highest BCUT2D eigenvalue weighted by Crippen LogP contribution is 2.27. The Kier molecular flexibility index (Phi) is 7.52. The van der Waals surface area contributed by atoms with Crippen LogP contribution >= 0.6 is 23.5 Å². The van der Waals surface area contributed by atoms with E-state index < -0.39 is 5.76 Å². The van der Waals surface area contributed by atoms with Crippen molar-refractivity contribution in [2.45, 2.75) is 16.4 Å². The van der Waals surface area contributed by atoms with E-state index in [9.17, 15) is 18.0 Å². The van der Waals surface area contributed by atoms with Crippen molar-refractivity contribution in [2.75, 3.05) is 18.2 Å². The van der Waals surface area contributed by atoms with Gasteiger partial charge in [0.2, 0.25) is 5.91 Å².